The highest BCUT2D eigenvalue weighted by atomic mass is 19.4. The van der Waals surface area contributed by atoms with Gasteiger partial charge in [0.2, 0.25) is 5.91 Å². The minimum atomic E-state index is -4.33. The Kier molecular flexibility index (Phi) is 7.00. The first-order valence-electron chi connectivity index (χ1n) is 12.5. The molecule has 33 heavy (non-hydrogen) atoms. The molecule has 0 aromatic heterocycles. The molecule has 1 saturated carbocycles. The van der Waals surface area contributed by atoms with Crippen molar-refractivity contribution in [2.45, 2.75) is 76.9 Å². The van der Waals surface area contributed by atoms with Gasteiger partial charge < -0.3 is 15.1 Å². The van der Waals surface area contributed by atoms with Crippen molar-refractivity contribution >= 4 is 11.6 Å². The van der Waals surface area contributed by atoms with Crippen LogP contribution in [0.1, 0.15) is 76.3 Å². The summed E-state index contributed by atoms with van der Waals surface area (Å²) in [5, 5.41) is 3.50. The quantitative estimate of drug-likeness (QED) is 0.630. The van der Waals surface area contributed by atoms with Crippen LogP contribution in [0.25, 0.3) is 0 Å². The molecule has 0 bridgehead atoms. The van der Waals surface area contributed by atoms with E-state index in [2.05, 4.69) is 31.0 Å². The summed E-state index contributed by atoms with van der Waals surface area (Å²) in [6.07, 6.45) is 1.44. The summed E-state index contributed by atoms with van der Waals surface area (Å²) >= 11 is 0. The molecule has 0 spiro atoms. The molecule has 0 radical (unpaired) electrons. The molecule has 184 valence electrons. The summed E-state index contributed by atoms with van der Waals surface area (Å²) in [7, 11) is 0. The number of halogens is 3. The number of piperidine rings is 2. The Morgan fingerprint density at radius 3 is 2.30 bits per heavy atom. The lowest BCUT2D eigenvalue weighted by atomic mass is 9.86. The van der Waals surface area contributed by atoms with Gasteiger partial charge in [0.05, 0.1) is 5.56 Å². The highest BCUT2D eigenvalue weighted by Crippen LogP contribution is 2.43. The van der Waals surface area contributed by atoms with Gasteiger partial charge >= 0.3 is 6.18 Å². The molecule has 2 unspecified atom stereocenters. The fraction of sp³-hybridized carbons (Fsp3) is 0.731. The van der Waals surface area contributed by atoms with Crippen LogP contribution in [0.15, 0.2) is 18.2 Å². The van der Waals surface area contributed by atoms with E-state index in [4.69, 9.17) is 0 Å². The van der Waals surface area contributed by atoms with Crippen molar-refractivity contribution in [1.29, 1.82) is 0 Å². The second kappa shape index (κ2) is 9.47. The minimum absolute atomic E-state index is 0.0578. The lowest BCUT2D eigenvalue weighted by Crippen LogP contribution is -2.41. The zero-order valence-corrected chi connectivity index (χ0v) is 20.2. The van der Waals surface area contributed by atoms with Crippen molar-refractivity contribution < 1.29 is 18.0 Å². The first-order chi connectivity index (χ1) is 15.5. The topological polar surface area (TPSA) is 35.6 Å². The van der Waals surface area contributed by atoms with Crippen molar-refractivity contribution in [3.63, 3.8) is 0 Å². The molecule has 2 saturated heterocycles. The average molecular weight is 466 g/mol. The van der Waals surface area contributed by atoms with E-state index < -0.39 is 11.7 Å². The summed E-state index contributed by atoms with van der Waals surface area (Å²) in [4.78, 5) is 17.1. The SMILES string of the molecule is CC(C)(C)NCC1CC1C(=O)N1CCC(c2ccc(C(F)(F)F)cc2N2CCCCC2)CC1. The fourth-order valence-electron chi connectivity index (χ4n) is 5.33. The maximum Gasteiger partial charge on any atom is 0.416 e. The number of hydrogen-bond donors (Lipinski definition) is 1. The van der Waals surface area contributed by atoms with E-state index in [0.717, 1.165) is 69.4 Å². The van der Waals surface area contributed by atoms with Gasteiger partial charge in [-0.25, -0.2) is 0 Å². The number of anilines is 1. The first kappa shape index (κ1) is 24.4. The average Bonchev–Trinajstić information content (AvgIpc) is 3.56. The van der Waals surface area contributed by atoms with E-state index in [0.29, 0.717) is 19.0 Å². The van der Waals surface area contributed by atoms with Crippen molar-refractivity contribution in [3.8, 4) is 0 Å². The maximum atomic E-state index is 13.4. The Balaban J connectivity index is 1.39. The van der Waals surface area contributed by atoms with Gasteiger partial charge in [-0.3, -0.25) is 4.79 Å². The van der Waals surface area contributed by atoms with E-state index in [9.17, 15) is 18.0 Å². The number of nitrogens with zero attached hydrogens (tertiary/aromatic N) is 2. The monoisotopic (exact) mass is 465 g/mol. The summed E-state index contributed by atoms with van der Waals surface area (Å²) in [5.41, 5.74) is 1.27. The van der Waals surface area contributed by atoms with Crippen molar-refractivity contribution in [1.82, 2.24) is 10.2 Å². The Labute approximate surface area is 195 Å². The predicted molar refractivity (Wildman–Crippen MR) is 125 cm³/mol. The van der Waals surface area contributed by atoms with Gasteiger partial charge in [-0.2, -0.15) is 13.2 Å². The Bertz CT molecular complexity index is 834. The summed E-state index contributed by atoms with van der Waals surface area (Å²) < 4.78 is 40.2. The van der Waals surface area contributed by atoms with Crippen LogP contribution < -0.4 is 10.2 Å². The zero-order chi connectivity index (χ0) is 23.8. The number of benzene rings is 1. The van der Waals surface area contributed by atoms with Crippen molar-refractivity contribution in [2.75, 3.05) is 37.6 Å². The van der Waals surface area contributed by atoms with Gasteiger partial charge in [-0.15, -0.1) is 0 Å². The van der Waals surface area contributed by atoms with Crippen LogP contribution in [0.5, 0.6) is 0 Å². The number of rotatable bonds is 5. The fourth-order valence-corrected chi connectivity index (χ4v) is 5.33. The molecule has 1 N–H and O–H groups in total. The highest BCUT2D eigenvalue weighted by molar-refractivity contribution is 5.81. The van der Waals surface area contributed by atoms with E-state index in [1.54, 1.807) is 6.07 Å². The maximum absolute atomic E-state index is 13.4. The molecule has 1 aromatic rings. The smallest absolute Gasteiger partial charge is 0.371 e. The molecule has 7 heteroatoms. The van der Waals surface area contributed by atoms with Crippen LogP contribution >= 0.6 is 0 Å². The van der Waals surface area contributed by atoms with E-state index in [1.807, 2.05) is 4.90 Å². The summed E-state index contributed by atoms with van der Waals surface area (Å²) in [5.74, 6) is 1.02. The molecule has 4 rings (SSSR count). The first-order valence-corrected chi connectivity index (χ1v) is 12.5. The van der Waals surface area contributed by atoms with Crippen LogP contribution in [-0.2, 0) is 11.0 Å². The van der Waals surface area contributed by atoms with Crippen molar-refractivity contribution in [2.24, 2.45) is 11.8 Å². The molecule has 2 aliphatic heterocycles. The lowest BCUT2D eigenvalue weighted by Gasteiger charge is -2.36. The second-order valence-electron chi connectivity index (χ2n) is 11.2. The van der Waals surface area contributed by atoms with Gasteiger partial charge in [-0.05, 0) is 95.4 Å². The molecule has 3 aliphatic rings. The lowest BCUT2D eigenvalue weighted by molar-refractivity contribution is -0.137. The van der Waals surface area contributed by atoms with Crippen LogP contribution in [0.2, 0.25) is 0 Å². The second-order valence-corrected chi connectivity index (χ2v) is 11.2. The van der Waals surface area contributed by atoms with Crippen LogP contribution in [0.4, 0.5) is 18.9 Å². The van der Waals surface area contributed by atoms with Gasteiger partial charge in [0, 0.05) is 43.3 Å². The number of alkyl halides is 3. The molecule has 2 heterocycles. The van der Waals surface area contributed by atoms with Crippen LogP contribution in [0.3, 0.4) is 0 Å². The number of amides is 1. The van der Waals surface area contributed by atoms with Gasteiger partial charge in [0.1, 0.15) is 0 Å². The van der Waals surface area contributed by atoms with Gasteiger partial charge in [-0.1, -0.05) is 6.07 Å². The molecule has 1 amide bonds. The third-order valence-corrected chi connectivity index (χ3v) is 7.44. The molecule has 4 nitrogen and oxygen atoms in total. The van der Waals surface area contributed by atoms with Crippen LogP contribution in [0, 0.1) is 11.8 Å². The Morgan fingerprint density at radius 2 is 1.70 bits per heavy atom. The van der Waals surface area contributed by atoms with Crippen LogP contribution in [-0.4, -0.2) is 49.1 Å². The number of likely N-dealkylation sites (tertiary alicyclic amines) is 1. The predicted octanol–water partition coefficient (Wildman–Crippen LogP) is 5.43. The number of nitrogens with one attached hydrogen (secondary N) is 1. The Morgan fingerprint density at radius 1 is 1.03 bits per heavy atom. The molecule has 1 aliphatic carbocycles. The third-order valence-electron chi connectivity index (χ3n) is 7.44. The van der Waals surface area contributed by atoms with E-state index >= 15 is 0 Å². The summed E-state index contributed by atoms with van der Waals surface area (Å²) in [6.45, 7) is 10.3. The standard InChI is InChI=1S/C26H38F3N3O/c1-25(2,3)30-17-19-15-22(19)24(33)32-13-9-18(10-14-32)21-8-7-20(26(27,28)29)16-23(21)31-11-5-4-6-12-31/h7-8,16,18-19,22,30H,4-6,9-15,17H2,1-3H3. The highest BCUT2D eigenvalue weighted by Gasteiger charge is 2.45. The molecule has 1 aromatic carbocycles. The number of hydrogen-bond acceptors (Lipinski definition) is 3. The zero-order valence-electron chi connectivity index (χ0n) is 20.2. The third kappa shape index (κ3) is 6.03. The van der Waals surface area contributed by atoms with Gasteiger partial charge in [0.25, 0.3) is 0 Å². The normalized spacial score (nSPS) is 24.8. The molecular weight excluding hydrogens is 427 g/mol. The number of carbonyl (C=O) groups is 1. The number of carbonyl (C=O) groups excluding carboxylic acids is 1. The molecule has 3 fully saturated rings. The van der Waals surface area contributed by atoms with E-state index in [1.165, 1.54) is 12.1 Å². The van der Waals surface area contributed by atoms with E-state index in [-0.39, 0.29) is 23.3 Å². The molecular formula is C26H38F3N3O. The Hall–Kier alpha value is -1.76. The van der Waals surface area contributed by atoms with Crippen molar-refractivity contribution in [3.05, 3.63) is 29.3 Å². The summed E-state index contributed by atoms with van der Waals surface area (Å²) in [6, 6.07) is 4.29. The van der Waals surface area contributed by atoms with Gasteiger partial charge in [0.15, 0.2) is 0 Å². The largest absolute Gasteiger partial charge is 0.416 e. The molecule has 2 atom stereocenters. The minimum Gasteiger partial charge on any atom is -0.371 e.